The van der Waals surface area contributed by atoms with Crippen molar-refractivity contribution >= 4 is 5.91 Å². The van der Waals surface area contributed by atoms with Crippen molar-refractivity contribution in [3.05, 3.63) is 30.1 Å². The lowest BCUT2D eigenvalue weighted by Gasteiger charge is -2.23. The monoisotopic (exact) mass is 218 g/mol. The summed E-state index contributed by atoms with van der Waals surface area (Å²) in [5, 5.41) is 0. The van der Waals surface area contributed by atoms with Gasteiger partial charge in [0.25, 0.3) is 5.91 Å². The van der Waals surface area contributed by atoms with Gasteiger partial charge in [-0.15, -0.1) is 0 Å². The average molecular weight is 218 g/mol. The fraction of sp³-hybridized carbons (Fsp3) is 0.538. The van der Waals surface area contributed by atoms with Crippen LogP contribution in [0, 0.1) is 5.92 Å². The van der Waals surface area contributed by atoms with Crippen molar-refractivity contribution in [2.45, 2.75) is 32.7 Å². The molecular weight excluding hydrogens is 200 g/mol. The number of hydrogen-bond donors (Lipinski definition) is 0. The second-order valence-corrected chi connectivity index (χ2v) is 4.80. The van der Waals surface area contributed by atoms with Crippen LogP contribution in [0.5, 0.6) is 0 Å². The Morgan fingerprint density at radius 1 is 1.50 bits per heavy atom. The third kappa shape index (κ3) is 2.60. The van der Waals surface area contributed by atoms with Crippen molar-refractivity contribution in [1.82, 2.24) is 9.88 Å². The first-order valence-electron chi connectivity index (χ1n) is 5.90. The van der Waals surface area contributed by atoms with Crippen LogP contribution in [0.15, 0.2) is 24.4 Å². The van der Waals surface area contributed by atoms with Gasteiger partial charge in [0.1, 0.15) is 5.69 Å². The standard InChI is InChI=1S/C13H18N2O/c1-10(2)9-15(11-6-7-11)13(16)12-5-3-4-8-14-12/h3-5,8,10-11H,6-7,9H2,1-2H3. The van der Waals surface area contributed by atoms with E-state index in [0.29, 0.717) is 17.7 Å². The van der Waals surface area contributed by atoms with E-state index in [2.05, 4.69) is 18.8 Å². The molecule has 0 aliphatic heterocycles. The molecule has 1 aromatic heterocycles. The number of carbonyl (C=O) groups is 1. The Labute approximate surface area is 96.5 Å². The van der Waals surface area contributed by atoms with Gasteiger partial charge >= 0.3 is 0 Å². The Bertz CT molecular complexity index is 357. The van der Waals surface area contributed by atoms with Crippen molar-refractivity contribution in [3.8, 4) is 0 Å². The quantitative estimate of drug-likeness (QED) is 0.777. The summed E-state index contributed by atoms with van der Waals surface area (Å²) in [7, 11) is 0. The van der Waals surface area contributed by atoms with Gasteiger partial charge in [-0.3, -0.25) is 9.78 Å². The van der Waals surface area contributed by atoms with Crippen molar-refractivity contribution in [2.24, 2.45) is 5.92 Å². The molecule has 3 nitrogen and oxygen atoms in total. The summed E-state index contributed by atoms with van der Waals surface area (Å²) in [6, 6.07) is 5.94. The summed E-state index contributed by atoms with van der Waals surface area (Å²) < 4.78 is 0. The lowest BCUT2D eigenvalue weighted by Crippen LogP contribution is -2.36. The van der Waals surface area contributed by atoms with Crippen LogP contribution in [0.3, 0.4) is 0 Å². The smallest absolute Gasteiger partial charge is 0.272 e. The van der Waals surface area contributed by atoms with E-state index >= 15 is 0 Å². The van der Waals surface area contributed by atoms with Crippen molar-refractivity contribution in [1.29, 1.82) is 0 Å². The molecule has 0 atom stereocenters. The molecule has 1 aromatic rings. The maximum atomic E-state index is 12.2. The molecule has 1 aliphatic carbocycles. The molecule has 1 amide bonds. The van der Waals surface area contributed by atoms with Gasteiger partial charge in [0.05, 0.1) is 0 Å². The maximum absolute atomic E-state index is 12.2. The summed E-state index contributed by atoms with van der Waals surface area (Å²) in [6.07, 6.45) is 3.96. The minimum atomic E-state index is 0.0804. The van der Waals surface area contributed by atoms with Crippen LogP contribution >= 0.6 is 0 Å². The van der Waals surface area contributed by atoms with Crippen LogP contribution in [0.1, 0.15) is 37.2 Å². The predicted molar refractivity (Wildman–Crippen MR) is 63.1 cm³/mol. The van der Waals surface area contributed by atoms with Crippen LogP contribution in [0.25, 0.3) is 0 Å². The molecule has 1 fully saturated rings. The average Bonchev–Trinajstić information content (AvgIpc) is 3.10. The SMILES string of the molecule is CC(C)CN(C(=O)c1ccccn1)C1CC1. The first-order valence-corrected chi connectivity index (χ1v) is 5.90. The highest BCUT2D eigenvalue weighted by molar-refractivity contribution is 5.92. The summed E-state index contributed by atoms with van der Waals surface area (Å²) >= 11 is 0. The topological polar surface area (TPSA) is 33.2 Å². The molecule has 0 N–H and O–H groups in total. The zero-order valence-electron chi connectivity index (χ0n) is 9.89. The number of nitrogens with zero attached hydrogens (tertiary/aromatic N) is 2. The van der Waals surface area contributed by atoms with Gasteiger partial charge in [-0.1, -0.05) is 19.9 Å². The molecule has 3 heteroatoms. The Morgan fingerprint density at radius 3 is 2.75 bits per heavy atom. The van der Waals surface area contributed by atoms with Gasteiger partial charge in [0.15, 0.2) is 0 Å². The van der Waals surface area contributed by atoms with Crippen LogP contribution in [-0.4, -0.2) is 28.4 Å². The summed E-state index contributed by atoms with van der Waals surface area (Å²) in [5.41, 5.74) is 0.565. The zero-order chi connectivity index (χ0) is 11.5. The normalized spacial score (nSPS) is 15.2. The molecule has 16 heavy (non-hydrogen) atoms. The molecule has 0 spiro atoms. The minimum Gasteiger partial charge on any atom is -0.334 e. The first kappa shape index (κ1) is 11.1. The molecule has 1 saturated carbocycles. The number of amides is 1. The third-order valence-electron chi connectivity index (χ3n) is 2.69. The van der Waals surface area contributed by atoms with Crippen LogP contribution in [0.2, 0.25) is 0 Å². The predicted octanol–water partition coefficient (Wildman–Crippen LogP) is 2.34. The van der Waals surface area contributed by atoms with E-state index in [-0.39, 0.29) is 5.91 Å². The third-order valence-corrected chi connectivity index (χ3v) is 2.69. The highest BCUT2D eigenvalue weighted by atomic mass is 16.2. The largest absolute Gasteiger partial charge is 0.334 e. The lowest BCUT2D eigenvalue weighted by atomic mass is 10.2. The van der Waals surface area contributed by atoms with Gasteiger partial charge in [0.2, 0.25) is 0 Å². The Balaban J connectivity index is 2.11. The highest BCUT2D eigenvalue weighted by Crippen LogP contribution is 2.28. The van der Waals surface area contributed by atoms with E-state index in [0.717, 1.165) is 19.4 Å². The van der Waals surface area contributed by atoms with Crippen molar-refractivity contribution in [2.75, 3.05) is 6.54 Å². The van der Waals surface area contributed by atoms with Gasteiger partial charge in [0, 0.05) is 18.8 Å². The fourth-order valence-electron chi connectivity index (χ4n) is 1.81. The van der Waals surface area contributed by atoms with Gasteiger partial charge in [-0.2, -0.15) is 0 Å². The molecule has 0 unspecified atom stereocenters. The highest BCUT2D eigenvalue weighted by Gasteiger charge is 2.33. The number of aromatic nitrogens is 1. The molecule has 2 rings (SSSR count). The van der Waals surface area contributed by atoms with E-state index in [1.807, 2.05) is 17.0 Å². The Kier molecular flexibility index (Phi) is 3.22. The van der Waals surface area contributed by atoms with Gasteiger partial charge in [-0.05, 0) is 30.9 Å². The number of rotatable bonds is 4. The molecule has 86 valence electrons. The van der Waals surface area contributed by atoms with Gasteiger partial charge < -0.3 is 4.90 Å². The van der Waals surface area contributed by atoms with E-state index in [4.69, 9.17) is 0 Å². The van der Waals surface area contributed by atoms with Crippen molar-refractivity contribution < 1.29 is 4.79 Å². The molecule has 0 saturated heterocycles. The maximum Gasteiger partial charge on any atom is 0.272 e. The van der Waals surface area contributed by atoms with E-state index in [9.17, 15) is 4.79 Å². The fourth-order valence-corrected chi connectivity index (χ4v) is 1.81. The van der Waals surface area contributed by atoms with Crippen LogP contribution in [-0.2, 0) is 0 Å². The van der Waals surface area contributed by atoms with Crippen molar-refractivity contribution in [3.63, 3.8) is 0 Å². The van der Waals surface area contributed by atoms with E-state index < -0.39 is 0 Å². The summed E-state index contributed by atoms with van der Waals surface area (Å²) in [6.45, 7) is 5.11. The summed E-state index contributed by atoms with van der Waals surface area (Å²) in [4.78, 5) is 18.3. The van der Waals surface area contributed by atoms with Crippen LogP contribution in [0.4, 0.5) is 0 Å². The van der Waals surface area contributed by atoms with E-state index in [1.54, 1.807) is 12.3 Å². The molecule has 1 aliphatic rings. The minimum absolute atomic E-state index is 0.0804. The lowest BCUT2D eigenvalue weighted by molar-refractivity contribution is 0.0716. The molecule has 0 bridgehead atoms. The second-order valence-electron chi connectivity index (χ2n) is 4.80. The number of carbonyl (C=O) groups excluding carboxylic acids is 1. The first-order chi connectivity index (χ1) is 7.68. The van der Waals surface area contributed by atoms with Crippen LogP contribution < -0.4 is 0 Å². The zero-order valence-corrected chi connectivity index (χ0v) is 9.89. The van der Waals surface area contributed by atoms with Gasteiger partial charge in [-0.25, -0.2) is 0 Å². The Morgan fingerprint density at radius 2 is 2.25 bits per heavy atom. The van der Waals surface area contributed by atoms with E-state index in [1.165, 1.54) is 0 Å². The second kappa shape index (κ2) is 4.64. The number of hydrogen-bond acceptors (Lipinski definition) is 2. The molecular formula is C13H18N2O. The molecule has 0 aromatic carbocycles. The summed E-state index contributed by atoms with van der Waals surface area (Å²) in [5.74, 6) is 0.588. The molecule has 1 heterocycles. The number of pyridine rings is 1. The Hall–Kier alpha value is -1.38. The molecule has 0 radical (unpaired) electrons.